The van der Waals surface area contributed by atoms with Gasteiger partial charge in [-0.3, -0.25) is 4.90 Å². The second-order valence-electron chi connectivity index (χ2n) is 6.73. The molecule has 1 unspecified atom stereocenters. The summed E-state index contributed by atoms with van der Waals surface area (Å²) in [5.74, 6) is 2.71. The van der Waals surface area contributed by atoms with Crippen molar-refractivity contribution < 1.29 is 14.0 Å². The molecule has 2 heterocycles. The summed E-state index contributed by atoms with van der Waals surface area (Å²) in [6.45, 7) is 1.54. The van der Waals surface area contributed by atoms with Crippen LogP contribution in [-0.4, -0.2) is 35.8 Å². The van der Waals surface area contributed by atoms with Gasteiger partial charge in [0.25, 0.3) is 0 Å². The molecule has 6 nitrogen and oxygen atoms in total. The van der Waals surface area contributed by atoms with Crippen LogP contribution in [0.4, 0.5) is 0 Å². The molecule has 0 N–H and O–H groups in total. The van der Waals surface area contributed by atoms with E-state index in [9.17, 15) is 0 Å². The highest BCUT2D eigenvalue weighted by atomic mass is 35.5. The maximum Gasteiger partial charge on any atom is 0.241 e. The second kappa shape index (κ2) is 8.20. The monoisotopic (exact) mass is 399 g/mol. The van der Waals surface area contributed by atoms with Crippen LogP contribution in [0.3, 0.4) is 0 Å². The molecule has 0 amide bonds. The fourth-order valence-corrected chi connectivity index (χ4v) is 3.93. The molecule has 4 rings (SSSR count). The van der Waals surface area contributed by atoms with Gasteiger partial charge in [-0.2, -0.15) is 4.98 Å². The normalized spacial score (nSPS) is 17.0. The van der Waals surface area contributed by atoms with Gasteiger partial charge >= 0.3 is 0 Å². The number of halogens is 1. The smallest absolute Gasteiger partial charge is 0.241 e. The molecular weight excluding hydrogens is 378 g/mol. The van der Waals surface area contributed by atoms with Gasteiger partial charge in [-0.1, -0.05) is 35.0 Å². The van der Waals surface area contributed by atoms with Crippen molar-refractivity contribution >= 4 is 11.6 Å². The van der Waals surface area contributed by atoms with E-state index in [1.807, 2.05) is 36.4 Å². The van der Waals surface area contributed by atoms with Gasteiger partial charge in [0.15, 0.2) is 0 Å². The SMILES string of the molecule is COc1ccc(C2CCCN2Cc2nc(-c3ccccc3Cl)no2)c(OC)c1. The Morgan fingerprint density at radius 3 is 2.82 bits per heavy atom. The molecule has 3 aromatic rings. The molecule has 1 aromatic heterocycles. The molecule has 2 aromatic carbocycles. The maximum absolute atomic E-state index is 6.24. The maximum atomic E-state index is 6.24. The molecular formula is C21H22ClN3O3. The highest BCUT2D eigenvalue weighted by Gasteiger charge is 2.30. The Kier molecular flexibility index (Phi) is 5.50. The van der Waals surface area contributed by atoms with Gasteiger partial charge in [0, 0.05) is 23.2 Å². The number of methoxy groups -OCH3 is 2. The predicted molar refractivity (Wildman–Crippen MR) is 107 cm³/mol. The quantitative estimate of drug-likeness (QED) is 0.596. The van der Waals surface area contributed by atoms with Gasteiger partial charge in [0.05, 0.1) is 25.8 Å². The van der Waals surface area contributed by atoms with Crippen molar-refractivity contribution in [3.63, 3.8) is 0 Å². The van der Waals surface area contributed by atoms with Crippen LogP contribution >= 0.6 is 11.6 Å². The Morgan fingerprint density at radius 2 is 2.04 bits per heavy atom. The van der Waals surface area contributed by atoms with Crippen LogP contribution in [0.25, 0.3) is 11.4 Å². The minimum atomic E-state index is 0.233. The highest BCUT2D eigenvalue weighted by molar-refractivity contribution is 6.33. The first-order valence-corrected chi connectivity index (χ1v) is 9.61. The summed E-state index contributed by atoms with van der Waals surface area (Å²) >= 11 is 6.24. The number of ether oxygens (including phenoxy) is 2. The Balaban J connectivity index is 1.55. The zero-order chi connectivity index (χ0) is 19.5. The first-order chi connectivity index (χ1) is 13.7. The number of aromatic nitrogens is 2. The van der Waals surface area contributed by atoms with Gasteiger partial charge < -0.3 is 14.0 Å². The van der Waals surface area contributed by atoms with Gasteiger partial charge in [0.1, 0.15) is 11.5 Å². The zero-order valence-electron chi connectivity index (χ0n) is 15.9. The molecule has 0 spiro atoms. The fraction of sp³-hybridized carbons (Fsp3) is 0.333. The predicted octanol–water partition coefficient (Wildman–Crippen LogP) is 4.74. The van der Waals surface area contributed by atoms with Crippen molar-refractivity contribution in [3.8, 4) is 22.9 Å². The summed E-state index contributed by atoms with van der Waals surface area (Å²) < 4.78 is 16.4. The largest absolute Gasteiger partial charge is 0.497 e. The van der Waals surface area contributed by atoms with Crippen molar-refractivity contribution in [3.05, 3.63) is 58.9 Å². The van der Waals surface area contributed by atoms with Crippen molar-refractivity contribution in [1.82, 2.24) is 15.0 Å². The summed E-state index contributed by atoms with van der Waals surface area (Å²) in [4.78, 5) is 6.89. The van der Waals surface area contributed by atoms with Crippen LogP contribution in [0.2, 0.25) is 5.02 Å². The summed E-state index contributed by atoms with van der Waals surface area (Å²) in [5.41, 5.74) is 1.92. The Hall–Kier alpha value is -2.57. The zero-order valence-corrected chi connectivity index (χ0v) is 16.6. The summed E-state index contributed by atoms with van der Waals surface area (Å²) in [6, 6.07) is 13.7. The first-order valence-electron chi connectivity index (χ1n) is 9.23. The van der Waals surface area contributed by atoms with Gasteiger partial charge in [-0.25, -0.2) is 0 Å². The molecule has 1 fully saturated rings. The molecule has 1 saturated heterocycles. The molecule has 1 atom stereocenters. The van der Waals surface area contributed by atoms with Gasteiger partial charge in [-0.05, 0) is 37.6 Å². The van der Waals surface area contributed by atoms with Crippen molar-refractivity contribution in [2.24, 2.45) is 0 Å². The first kappa shape index (κ1) is 18.8. The highest BCUT2D eigenvalue weighted by Crippen LogP contribution is 2.39. The topological polar surface area (TPSA) is 60.6 Å². The van der Waals surface area contributed by atoms with Gasteiger partial charge in [0.2, 0.25) is 11.7 Å². The van der Waals surface area contributed by atoms with Crippen molar-refractivity contribution in [2.75, 3.05) is 20.8 Å². The minimum absolute atomic E-state index is 0.233. The number of likely N-dealkylation sites (tertiary alicyclic amines) is 1. The van der Waals surface area contributed by atoms with Gasteiger partial charge in [-0.15, -0.1) is 0 Å². The third kappa shape index (κ3) is 3.70. The fourth-order valence-electron chi connectivity index (χ4n) is 3.71. The number of hydrogen-bond donors (Lipinski definition) is 0. The van der Waals surface area contributed by atoms with Crippen LogP contribution in [0.15, 0.2) is 47.0 Å². The lowest BCUT2D eigenvalue weighted by molar-refractivity contribution is 0.209. The number of benzene rings is 2. The molecule has 1 aliphatic heterocycles. The number of nitrogens with zero attached hydrogens (tertiary/aromatic N) is 3. The van der Waals surface area contributed by atoms with Crippen LogP contribution in [0, 0.1) is 0 Å². The molecule has 0 radical (unpaired) electrons. The van der Waals surface area contributed by atoms with E-state index in [4.69, 9.17) is 25.6 Å². The summed E-state index contributed by atoms with van der Waals surface area (Å²) in [6.07, 6.45) is 2.15. The third-order valence-electron chi connectivity index (χ3n) is 5.08. The van der Waals surface area contributed by atoms with Crippen molar-refractivity contribution in [2.45, 2.75) is 25.4 Å². The molecule has 1 aliphatic rings. The molecule has 28 heavy (non-hydrogen) atoms. The van der Waals surface area contributed by atoms with E-state index < -0.39 is 0 Å². The minimum Gasteiger partial charge on any atom is -0.497 e. The van der Waals surface area contributed by atoms with E-state index in [-0.39, 0.29) is 6.04 Å². The van der Waals surface area contributed by atoms with E-state index in [0.29, 0.717) is 23.3 Å². The Labute approximate surface area is 169 Å². The lowest BCUT2D eigenvalue weighted by atomic mass is 10.0. The van der Waals surface area contributed by atoms with E-state index in [1.165, 1.54) is 0 Å². The second-order valence-corrected chi connectivity index (χ2v) is 7.14. The van der Waals surface area contributed by atoms with E-state index in [0.717, 1.165) is 42.0 Å². The van der Waals surface area contributed by atoms with E-state index in [1.54, 1.807) is 14.2 Å². The molecule has 146 valence electrons. The molecule has 7 heteroatoms. The lowest BCUT2D eigenvalue weighted by Crippen LogP contribution is -2.23. The van der Waals surface area contributed by atoms with E-state index >= 15 is 0 Å². The standard InChI is InChI=1S/C21H22ClN3O3/c1-26-14-9-10-16(19(12-14)27-2)18-8-5-11-25(18)13-20-23-21(24-28-20)15-6-3-4-7-17(15)22/h3-4,6-7,9-10,12,18H,5,8,11,13H2,1-2H3. The van der Waals surface area contributed by atoms with E-state index in [2.05, 4.69) is 21.1 Å². The van der Waals surface area contributed by atoms with Crippen LogP contribution in [-0.2, 0) is 6.54 Å². The van der Waals surface area contributed by atoms with Crippen LogP contribution < -0.4 is 9.47 Å². The Bertz CT molecular complexity index is 960. The molecule has 0 bridgehead atoms. The van der Waals surface area contributed by atoms with Crippen LogP contribution in [0.5, 0.6) is 11.5 Å². The number of hydrogen-bond acceptors (Lipinski definition) is 6. The molecule has 0 saturated carbocycles. The molecule has 0 aliphatic carbocycles. The lowest BCUT2D eigenvalue weighted by Gasteiger charge is -2.25. The summed E-state index contributed by atoms with van der Waals surface area (Å²) in [7, 11) is 3.34. The van der Waals surface area contributed by atoms with Crippen molar-refractivity contribution in [1.29, 1.82) is 0 Å². The third-order valence-corrected chi connectivity index (χ3v) is 5.41. The van der Waals surface area contributed by atoms with Crippen LogP contribution in [0.1, 0.15) is 30.3 Å². The summed E-state index contributed by atoms with van der Waals surface area (Å²) in [5, 5.41) is 4.71. The number of rotatable bonds is 6. The average Bonchev–Trinajstić information content (AvgIpc) is 3.38. The average molecular weight is 400 g/mol. The Morgan fingerprint density at radius 1 is 1.18 bits per heavy atom.